The highest BCUT2D eigenvalue weighted by atomic mass is 35.5. The Bertz CT molecular complexity index is 398. The number of hydrogen-bond acceptors (Lipinski definition) is 3. The molecule has 3 atom stereocenters. The first-order valence-corrected chi connectivity index (χ1v) is 6.07. The Balaban J connectivity index is 1.57. The Morgan fingerprint density at radius 3 is 3.06 bits per heavy atom. The SMILES string of the molecule is CN1[C@H](COc2cncc(Cl)c2)C[C@H]2C[C@H]21. The summed E-state index contributed by atoms with van der Waals surface area (Å²) in [6.07, 6.45) is 5.98. The van der Waals surface area contributed by atoms with Crippen molar-refractivity contribution in [3.63, 3.8) is 0 Å². The molecule has 16 heavy (non-hydrogen) atoms. The number of hydrogen-bond donors (Lipinski definition) is 0. The highest BCUT2D eigenvalue weighted by Gasteiger charge is 2.50. The maximum Gasteiger partial charge on any atom is 0.139 e. The Morgan fingerprint density at radius 2 is 2.38 bits per heavy atom. The molecule has 2 aliphatic rings. The van der Waals surface area contributed by atoms with Gasteiger partial charge in [-0.15, -0.1) is 0 Å². The van der Waals surface area contributed by atoms with Crippen molar-refractivity contribution in [3.05, 3.63) is 23.5 Å². The van der Waals surface area contributed by atoms with Crippen molar-refractivity contribution in [2.24, 2.45) is 5.92 Å². The number of nitrogens with zero attached hydrogens (tertiary/aromatic N) is 2. The summed E-state index contributed by atoms with van der Waals surface area (Å²) >= 11 is 5.85. The molecule has 0 amide bonds. The van der Waals surface area contributed by atoms with Crippen LogP contribution in [0.2, 0.25) is 5.02 Å². The number of rotatable bonds is 3. The molecule has 0 spiro atoms. The van der Waals surface area contributed by atoms with Gasteiger partial charge >= 0.3 is 0 Å². The van der Waals surface area contributed by atoms with Gasteiger partial charge in [0.2, 0.25) is 0 Å². The molecule has 1 saturated carbocycles. The van der Waals surface area contributed by atoms with Crippen molar-refractivity contribution in [2.75, 3.05) is 13.7 Å². The summed E-state index contributed by atoms with van der Waals surface area (Å²) in [6.45, 7) is 0.742. The predicted octanol–water partition coefficient (Wildman–Crippen LogP) is 2.21. The van der Waals surface area contributed by atoms with Crippen molar-refractivity contribution in [1.82, 2.24) is 9.88 Å². The normalized spacial score (nSPS) is 32.5. The van der Waals surface area contributed by atoms with E-state index in [0.29, 0.717) is 11.1 Å². The summed E-state index contributed by atoms with van der Waals surface area (Å²) in [7, 11) is 2.20. The van der Waals surface area contributed by atoms with Crippen molar-refractivity contribution in [2.45, 2.75) is 24.9 Å². The molecule has 2 heterocycles. The summed E-state index contributed by atoms with van der Waals surface area (Å²) in [5.41, 5.74) is 0. The van der Waals surface area contributed by atoms with E-state index in [4.69, 9.17) is 16.3 Å². The van der Waals surface area contributed by atoms with E-state index in [2.05, 4.69) is 16.9 Å². The van der Waals surface area contributed by atoms with E-state index in [9.17, 15) is 0 Å². The molecule has 0 N–H and O–H groups in total. The standard InChI is InChI=1S/C12H15ClN2O/c1-15-10(2-8-3-12(8)15)7-16-11-4-9(13)5-14-6-11/h4-6,8,10,12H,2-3,7H2,1H3/t8-,10-,12+/m0/s1. The van der Waals surface area contributed by atoms with E-state index >= 15 is 0 Å². The van der Waals surface area contributed by atoms with Crippen LogP contribution in [0.5, 0.6) is 5.75 Å². The number of aromatic nitrogens is 1. The van der Waals surface area contributed by atoms with Gasteiger partial charge in [-0.05, 0) is 25.8 Å². The van der Waals surface area contributed by atoms with Crippen LogP contribution in [-0.4, -0.2) is 35.6 Å². The second-order valence-electron chi connectivity index (χ2n) is 4.77. The minimum Gasteiger partial charge on any atom is -0.490 e. The second kappa shape index (κ2) is 3.90. The van der Waals surface area contributed by atoms with Gasteiger partial charge in [-0.2, -0.15) is 0 Å². The van der Waals surface area contributed by atoms with E-state index in [1.165, 1.54) is 12.8 Å². The van der Waals surface area contributed by atoms with Gasteiger partial charge in [0.1, 0.15) is 12.4 Å². The fourth-order valence-electron chi connectivity index (χ4n) is 2.62. The molecule has 1 aromatic rings. The molecule has 0 radical (unpaired) electrons. The number of halogens is 1. The fourth-order valence-corrected chi connectivity index (χ4v) is 2.78. The minimum atomic E-state index is 0.558. The van der Waals surface area contributed by atoms with Gasteiger partial charge < -0.3 is 4.74 Å². The third-order valence-electron chi connectivity index (χ3n) is 3.68. The maximum atomic E-state index is 5.85. The summed E-state index contributed by atoms with van der Waals surface area (Å²) in [6, 6.07) is 3.19. The van der Waals surface area contributed by atoms with E-state index in [-0.39, 0.29) is 0 Å². The zero-order chi connectivity index (χ0) is 11.1. The average Bonchev–Trinajstić information content (AvgIpc) is 2.96. The lowest BCUT2D eigenvalue weighted by Crippen LogP contribution is -2.33. The van der Waals surface area contributed by atoms with Crippen LogP contribution in [-0.2, 0) is 0 Å². The topological polar surface area (TPSA) is 25.4 Å². The minimum absolute atomic E-state index is 0.558. The molecule has 0 aromatic carbocycles. The van der Waals surface area contributed by atoms with Crippen molar-refractivity contribution >= 4 is 11.6 Å². The first-order chi connectivity index (χ1) is 7.74. The monoisotopic (exact) mass is 238 g/mol. The lowest BCUT2D eigenvalue weighted by molar-refractivity contribution is 0.176. The van der Waals surface area contributed by atoms with Crippen LogP contribution in [0.25, 0.3) is 0 Å². The molecule has 4 heteroatoms. The lowest BCUT2D eigenvalue weighted by Gasteiger charge is -2.22. The number of likely N-dealkylation sites (N-methyl/N-ethyl adjacent to an activating group) is 1. The third-order valence-corrected chi connectivity index (χ3v) is 3.89. The van der Waals surface area contributed by atoms with Gasteiger partial charge in [-0.3, -0.25) is 9.88 Å². The molecule has 1 aliphatic heterocycles. The molecular weight excluding hydrogens is 224 g/mol. The zero-order valence-electron chi connectivity index (χ0n) is 9.27. The van der Waals surface area contributed by atoms with E-state index < -0.39 is 0 Å². The quantitative estimate of drug-likeness (QED) is 0.808. The number of piperidine rings is 1. The van der Waals surface area contributed by atoms with Gasteiger partial charge in [0.25, 0.3) is 0 Å². The summed E-state index contributed by atoms with van der Waals surface area (Å²) in [5.74, 6) is 1.69. The van der Waals surface area contributed by atoms with Crippen LogP contribution in [0.1, 0.15) is 12.8 Å². The first kappa shape index (κ1) is 10.4. The van der Waals surface area contributed by atoms with E-state index in [0.717, 1.165) is 24.3 Å². The van der Waals surface area contributed by atoms with Gasteiger partial charge in [0.15, 0.2) is 0 Å². The number of pyridine rings is 1. The molecule has 3 rings (SSSR count). The second-order valence-corrected chi connectivity index (χ2v) is 5.20. The van der Waals surface area contributed by atoms with Crippen molar-refractivity contribution < 1.29 is 4.74 Å². The van der Waals surface area contributed by atoms with Crippen LogP contribution in [0, 0.1) is 5.92 Å². The molecular formula is C12H15ClN2O. The van der Waals surface area contributed by atoms with Gasteiger partial charge in [0, 0.05) is 24.3 Å². The van der Waals surface area contributed by atoms with E-state index in [1.54, 1.807) is 12.4 Å². The first-order valence-electron chi connectivity index (χ1n) is 5.69. The van der Waals surface area contributed by atoms with Gasteiger partial charge in [-0.25, -0.2) is 0 Å². The van der Waals surface area contributed by atoms with Gasteiger partial charge in [0.05, 0.1) is 11.2 Å². The largest absolute Gasteiger partial charge is 0.490 e. The van der Waals surface area contributed by atoms with Crippen LogP contribution in [0.4, 0.5) is 0 Å². The van der Waals surface area contributed by atoms with Crippen molar-refractivity contribution in [3.8, 4) is 5.75 Å². The Kier molecular flexibility index (Phi) is 2.52. The molecule has 1 aliphatic carbocycles. The number of fused-ring (bicyclic) bond motifs is 1. The highest BCUT2D eigenvalue weighted by molar-refractivity contribution is 6.30. The maximum absolute atomic E-state index is 5.85. The number of ether oxygens (including phenoxy) is 1. The Labute approximate surface area is 100 Å². The molecule has 0 unspecified atom stereocenters. The average molecular weight is 239 g/mol. The highest BCUT2D eigenvalue weighted by Crippen LogP contribution is 2.46. The Hall–Kier alpha value is -0.800. The van der Waals surface area contributed by atoms with Crippen molar-refractivity contribution in [1.29, 1.82) is 0 Å². The Morgan fingerprint density at radius 1 is 1.50 bits per heavy atom. The predicted molar refractivity (Wildman–Crippen MR) is 62.8 cm³/mol. The summed E-state index contributed by atoms with van der Waals surface area (Å²) < 4.78 is 5.72. The smallest absolute Gasteiger partial charge is 0.139 e. The summed E-state index contributed by atoms with van der Waals surface area (Å²) in [4.78, 5) is 6.45. The number of likely N-dealkylation sites (tertiary alicyclic amines) is 1. The molecule has 86 valence electrons. The van der Waals surface area contributed by atoms with Crippen LogP contribution < -0.4 is 4.74 Å². The summed E-state index contributed by atoms with van der Waals surface area (Å²) in [5, 5.41) is 0.625. The van der Waals surface area contributed by atoms with Crippen LogP contribution in [0.3, 0.4) is 0 Å². The molecule has 1 aromatic heterocycles. The third kappa shape index (κ3) is 1.89. The van der Waals surface area contributed by atoms with Crippen LogP contribution in [0.15, 0.2) is 18.5 Å². The van der Waals surface area contributed by atoms with Gasteiger partial charge in [-0.1, -0.05) is 11.6 Å². The fraction of sp³-hybridized carbons (Fsp3) is 0.583. The molecule has 2 fully saturated rings. The molecule has 3 nitrogen and oxygen atoms in total. The molecule has 0 bridgehead atoms. The molecule has 1 saturated heterocycles. The van der Waals surface area contributed by atoms with E-state index in [1.807, 2.05) is 6.07 Å². The lowest BCUT2D eigenvalue weighted by atomic mass is 10.2. The zero-order valence-corrected chi connectivity index (χ0v) is 10.0. The van der Waals surface area contributed by atoms with Crippen LogP contribution >= 0.6 is 11.6 Å².